The zero-order valence-electron chi connectivity index (χ0n) is 15.3. The van der Waals surface area contributed by atoms with Gasteiger partial charge in [0.15, 0.2) is 16.6 Å². The first-order valence-electron chi connectivity index (χ1n) is 9.14. The molecule has 1 aliphatic rings. The van der Waals surface area contributed by atoms with Crippen molar-refractivity contribution in [2.75, 3.05) is 23.3 Å². The van der Waals surface area contributed by atoms with Crippen LogP contribution in [0.25, 0.3) is 20.6 Å². The SMILES string of the molecule is Cc1nc2cc(NC(=O)c3cc4sc(N5CCCC(N)C5)nc4s3)ccc2o1. The first-order valence-corrected chi connectivity index (χ1v) is 10.8. The number of aryl methyl sites for hydroxylation is 1. The Kier molecular flexibility index (Phi) is 4.30. The summed E-state index contributed by atoms with van der Waals surface area (Å²) in [5.41, 5.74) is 8.21. The van der Waals surface area contributed by atoms with E-state index in [0.717, 1.165) is 46.1 Å². The summed E-state index contributed by atoms with van der Waals surface area (Å²) in [6, 6.07) is 7.57. The van der Waals surface area contributed by atoms with Gasteiger partial charge < -0.3 is 20.4 Å². The Morgan fingerprint density at radius 3 is 3.04 bits per heavy atom. The van der Waals surface area contributed by atoms with Crippen LogP contribution in [0.2, 0.25) is 0 Å². The molecular formula is C19H19N5O2S2. The number of nitrogens with zero attached hydrogens (tertiary/aromatic N) is 3. The van der Waals surface area contributed by atoms with E-state index in [2.05, 4.69) is 15.2 Å². The van der Waals surface area contributed by atoms with E-state index in [9.17, 15) is 4.79 Å². The summed E-state index contributed by atoms with van der Waals surface area (Å²) in [6.07, 6.45) is 2.16. The van der Waals surface area contributed by atoms with Gasteiger partial charge in [0.2, 0.25) is 0 Å². The number of oxazole rings is 1. The van der Waals surface area contributed by atoms with E-state index in [0.29, 0.717) is 22.0 Å². The van der Waals surface area contributed by atoms with Gasteiger partial charge in [0, 0.05) is 31.7 Å². The van der Waals surface area contributed by atoms with Crippen molar-refractivity contribution in [3.05, 3.63) is 35.0 Å². The van der Waals surface area contributed by atoms with Crippen LogP contribution in [0.5, 0.6) is 0 Å². The zero-order chi connectivity index (χ0) is 19.3. The molecule has 0 bridgehead atoms. The molecule has 5 rings (SSSR count). The van der Waals surface area contributed by atoms with Crippen molar-refractivity contribution in [1.29, 1.82) is 0 Å². The van der Waals surface area contributed by atoms with Gasteiger partial charge in [0.1, 0.15) is 10.3 Å². The van der Waals surface area contributed by atoms with Crippen LogP contribution in [0, 0.1) is 6.92 Å². The molecule has 0 aliphatic carbocycles. The number of hydrogen-bond donors (Lipinski definition) is 2. The number of thiazole rings is 1. The van der Waals surface area contributed by atoms with Crippen molar-refractivity contribution in [3.63, 3.8) is 0 Å². The third kappa shape index (κ3) is 3.25. The fraction of sp³-hybridized carbons (Fsp3) is 0.316. The molecule has 4 aromatic rings. The standard InChI is InChI=1S/C19H19N5O2S2/c1-10-21-13-7-12(4-5-14(13)26-10)22-17(25)15-8-16-18(27-15)23-19(28-16)24-6-2-3-11(20)9-24/h4-5,7-8,11H,2-3,6,9,20H2,1H3,(H,22,25). The van der Waals surface area contributed by atoms with E-state index in [1.165, 1.54) is 11.3 Å². The number of amides is 1. The van der Waals surface area contributed by atoms with Gasteiger partial charge in [0.05, 0.1) is 9.58 Å². The highest BCUT2D eigenvalue weighted by Crippen LogP contribution is 2.35. The summed E-state index contributed by atoms with van der Waals surface area (Å²) in [7, 11) is 0. The van der Waals surface area contributed by atoms with Crippen LogP contribution in [0.1, 0.15) is 28.4 Å². The predicted molar refractivity (Wildman–Crippen MR) is 114 cm³/mol. The Morgan fingerprint density at radius 2 is 2.21 bits per heavy atom. The first kappa shape index (κ1) is 17.6. The number of rotatable bonds is 3. The minimum absolute atomic E-state index is 0.142. The fourth-order valence-corrected chi connectivity index (χ4v) is 5.61. The third-order valence-electron chi connectivity index (χ3n) is 4.78. The minimum atomic E-state index is -0.142. The van der Waals surface area contributed by atoms with Crippen LogP contribution < -0.4 is 16.0 Å². The van der Waals surface area contributed by atoms with Crippen LogP contribution in [0.3, 0.4) is 0 Å². The lowest BCUT2D eigenvalue weighted by atomic mass is 10.1. The molecule has 1 amide bonds. The molecule has 7 nitrogen and oxygen atoms in total. The molecule has 3 aromatic heterocycles. The number of carbonyl (C=O) groups excluding carboxylic acids is 1. The van der Waals surface area contributed by atoms with E-state index in [1.54, 1.807) is 18.3 Å². The number of hydrogen-bond acceptors (Lipinski definition) is 8. The van der Waals surface area contributed by atoms with Crippen molar-refractivity contribution in [2.24, 2.45) is 5.73 Å². The molecule has 1 unspecified atom stereocenters. The molecule has 1 aliphatic heterocycles. The smallest absolute Gasteiger partial charge is 0.265 e. The Morgan fingerprint density at radius 1 is 1.32 bits per heavy atom. The van der Waals surface area contributed by atoms with Gasteiger partial charge in [0.25, 0.3) is 5.91 Å². The molecule has 4 heterocycles. The molecule has 1 atom stereocenters. The molecule has 1 saturated heterocycles. The molecular weight excluding hydrogens is 394 g/mol. The first-order chi connectivity index (χ1) is 13.5. The molecule has 9 heteroatoms. The zero-order valence-corrected chi connectivity index (χ0v) is 16.9. The summed E-state index contributed by atoms with van der Waals surface area (Å²) in [4.78, 5) is 25.5. The van der Waals surface area contributed by atoms with Gasteiger partial charge in [-0.05, 0) is 37.1 Å². The van der Waals surface area contributed by atoms with Crippen LogP contribution >= 0.6 is 22.7 Å². The highest BCUT2D eigenvalue weighted by Gasteiger charge is 2.21. The number of carbonyl (C=O) groups is 1. The van der Waals surface area contributed by atoms with Crippen LogP contribution in [-0.4, -0.2) is 35.0 Å². The Bertz CT molecular complexity index is 1150. The predicted octanol–water partition coefficient (Wildman–Crippen LogP) is 3.99. The van der Waals surface area contributed by atoms with E-state index in [4.69, 9.17) is 15.1 Å². The van der Waals surface area contributed by atoms with Gasteiger partial charge >= 0.3 is 0 Å². The number of piperidine rings is 1. The Labute approximate surface area is 169 Å². The lowest BCUT2D eigenvalue weighted by Gasteiger charge is -2.30. The van der Waals surface area contributed by atoms with Crippen molar-refractivity contribution in [2.45, 2.75) is 25.8 Å². The normalized spacial score (nSPS) is 17.5. The van der Waals surface area contributed by atoms with Gasteiger partial charge in [-0.25, -0.2) is 9.97 Å². The van der Waals surface area contributed by atoms with E-state index >= 15 is 0 Å². The van der Waals surface area contributed by atoms with Crippen LogP contribution in [0.15, 0.2) is 28.7 Å². The van der Waals surface area contributed by atoms with Gasteiger partial charge in [-0.1, -0.05) is 11.3 Å². The second-order valence-corrected chi connectivity index (χ2v) is 9.03. The largest absolute Gasteiger partial charge is 0.441 e. The average molecular weight is 414 g/mol. The molecule has 0 saturated carbocycles. The monoisotopic (exact) mass is 413 g/mol. The van der Waals surface area contributed by atoms with Crippen molar-refractivity contribution in [3.8, 4) is 0 Å². The topological polar surface area (TPSA) is 97.3 Å². The van der Waals surface area contributed by atoms with Gasteiger partial charge in [-0.3, -0.25) is 4.79 Å². The number of fused-ring (bicyclic) bond motifs is 2. The molecule has 0 radical (unpaired) electrons. The third-order valence-corrected chi connectivity index (χ3v) is 7.00. The highest BCUT2D eigenvalue weighted by molar-refractivity contribution is 7.29. The molecule has 28 heavy (non-hydrogen) atoms. The number of benzene rings is 1. The maximum absolute atomic E-state index is 12.7. The van der Waals surface area contributed by atoms with E-state index in [-0.39, 0.29) is 11.9 Å². The summed E-state index contributed by atoms with van der Waals surface area (Å²) >= 11 is 3.04. The van der Waals surface area contributed by atoms with Crippen LogP contribution in [-0.2, 0) is 0 Å². The molecule has 0 spiro atoms. The molecule has 3 N–H and O–H groups in total. The van der Waals surface area contributed by atoms with Crippen molar-refractivity contribution in [1.82, 2.24) is 9.97 Å². The molecule has 1 fully saturated rings. The van der Waals surface area contributed by atoms with Crippen molar-refractivity contribution >= 4 is 60.0 Å². The highest BCUT2D eigenvalue weighted by atomic mass is 32.1. The second-order valence-electron chi connectivity index (χ2n) is 6.99. The summed E-state index contributed by atoms with van der Waals surface area (Å²) in [6.45, 7) is 3.64. The number of nitrogens with one attached hydrogen (secondary N) is 1. The van der Waals surface area contributed by atoms with Crippen molar-refractivity contribution < 1.29 is 9.21 Å². The maximum Gasteiger partial charge on any atom is 0.265 e. The van der Waals surface area contributed by atoms with E-state index in [1.807, 2.05) is 24.3 Å². The Balaban J connectivity index is 1.34. The summed E-state index contributed by atoms with van der Waals surface area (Å²) in [5, 5.41) is 3.93. The number of anilines is 2. The number of aromatic nitrogens is 2. The Hall–Kier alpha value is -2.49. The van der Waals surface area contributed by atoms with Gasteiger partial charge in [-0.15, -0.1) is 11.3 Å². The summed E-state index contributed by atoms with van der Waals surface area (Å²) in [5.74, 6) is 0.463. The lowest BCUT2D eigenvalue weighted by Crippen LogP contribution is -2.42. The number of nitrogens with two attached hydrogens (primary N) is 1. The van der Waals surface area contributed by atoms with E-state index < -0.39 is 0 Å². The van der Waals surface area contributed by atoms with Crippen LogP contribution in [0.4, 0.5) is 10.8 Å². The molecule has 144 valence electrons. The average Bonchev–Trinajstić information content (AvgIpc) is 3.33. The quantitative estimate of drug-likeness (QED) is 0.527. The minimum Gasteiger partial charge on any atom is -0.441 e. The number of thiophene rings is 1. The molecule has 1 aromatic carbocycles. The van der Waals surface area contributed by atoms with Gasteiger partial charge in [-0.2, -0.15) is 0 Å². The maximum atomic E-state index is 12.7. The lowest BCUT2D eigenvalue weighted by molar-refractivity contribution is 0.103. The summed E-state index contributed by atoms with van der Waals surface area (Å²) < 4.78 is 6.50. The second kappa shape index (κ2) is 6.84. The fourth-order valence-electron chi connectivity index (χ4n) is 3.47.